The predicted molar refractivity (Wildman–Crippen MR) is 133 cm³/mol. The molecule has 4 aromatic rings. The van der Waals surface area contributed by atoms with Gasteiger partial charge in [-0.3, -0.25) is 9.88 Å². The first-order valence-corrected chi connectivity index (χ1v) is 12.7. The number of aromatic nitrogens is 1. The molecular formula is C26H25N2O6P. The maximum absolute atomic E-state index is 12.5. The lowest BCUT2D eigenvalue weighted by molar-refractivity contribution is 0.121. The van der Waals surface area contributed by atoms with Gasteiger partial charge >= 0.3 is 13.7 Å². The minimum Gasteiger partial charge on any atom is -0.441 e. The van der Waals surface area contributed by atoms with Crippen LogP contribution in [0.2, 0.25) is 0 Å². The van der Waals surface area contributed by atoms with Crippen molar-refractivity contribution in [2.24, 2.45) is 0 Å². The zero-order chi connectivity index (χ0) is 25.0. The Morgan fingerprint density at radius 2 is 1.54 bits per heavy atom. The minimum absolute atomic E-state index is 0.292. The number of benzene rings is 3. The Hall–Kier alpha value is -3.71. The Bertz CT molecular complexity index is 1350. The third-order valence-electron chi connectivity index (χ3n) is 5.48. The van der Waals surface area contributed by atoms with Gasteiger partial charge in [-0.2, -0.15) is 0 Å². The summed E-state index contributed by atoms with van der Waals surface area (Å²) >= 11 is 0. The van der Waals surface area contributed by atoms with Crippen LogP contribution in [-0.2, 0) is 15.5 Å². The van der Waals surface area contributed by atoms with Crippen LogP contribution in [-0.4, -0.2) is 21.0 Å². The SMILES string of the molecule is Cc1onc(-c2ccc(-c3ccc(CP(=O)(O)O)cc3)cc2)c1NC(=O)O[C@H](C)c1ccccc1. The monoisotopic (exact) mass is 492 g/mol. The Morgan fingerprint density at radius 3 is 2.14 bits per heavy atom. The number of rotatable bonds is 7. The van der Waals surface area contributed by atoms with Gasteiger partial charge in [-0.25, -0.2) is 4.79 Å². The Balaban J connectivity index is 1.47. The molecular weight excluding hydrogens is 467 g/mol. The third kappa shape index (κ3) is 6.25. The first kappa shape index (κ1) is 24.4. The molecule has 1 aromatic heterocycles. The summed E-state index contributed by atoms with van der Waals surface area (Å²) in [5.41, 5.74) is 4.94. The summed E-state index contributed by atoms with van der Waals surface area (Å²) in [5, 5.41) is 6.85. The number of hydrogen-bond acceptors (Lipinski definition) is 5. The second kappa shape index (κ2) is 10.3. The van der Waals surface area contributed by atoms with Crippen LogP contribution in [0.3, 0.4) is 0 Å². The van der Waals surface area contributed by atoms with Gasteiger partial charge in [0.2, 0.25) is 0 Å². The second-order valence-electron chi connectivity index (χ2n) is 8.14. The van der Waals surface area contributed by atoms with Crippen molar-refractivity contribution in [1.82, 2.24) is 5.16 Å². The van der Waals surface area contributed by atoms with Gasteiger partial charge in [-0.15, -0.1) is 0 Å². The van der Waals surface area contributed by atoms with Crippen molar-refractivity contribution in [3.05, 3.63) is 95.7 Å². The van der Waals surface area contributed by atoms with E-state index >= 15 is 0 Å². The molecule has 1 heterocycles. The van der Waals surface area contributed by atoms with E-state index < -0.39 is 19.8 Å². The van der Waals surface area contributed by atoms with E-state index in [-0.39, 0.29) is 6.16 Å². The smallest absolute Gasteiger partial charge is 0.412 e. The van der Waals surface area contributed by atoms with Crippen molar-refractivity contribution in [3.8, 4) is 22.4 Å². The molecule has 0 spiro atoms. The number of aryl methyl sites for hydroxylation is 1. The number of amides is 1. The van der Waals surface area contributed by atoms with Crippen LogP contribution in [0.5, 0.6) is 0 Å². The predicted octanol–water partition coefficient (Wildman–Crippen LogP) is 6.30. The fourth-order valence-electron chi connectivity index (χ4n) is 3.66. The van der Waals surface area contributed by atoms with Crippen molar-refractivity contribution in [2.75, 3.05) is 5.32 Å². The number of carbonyl (C=O) groups excluding carboxylic acids is 1. The fourth-order valence-corrected chi connectivity index (χ4v) is 4.35. The maximum atomic E-state index is 12.5. The molecule has 180 valence electrons. The summed E-state index contributed by atoms with van der Waals surface area (Å²) in [7, 11) is -4.11. The molecule has 9 heteroatoms. The van der Waals surface area contributed by atoms with Gasteiger partial charge in [-0.05, 0) is 36.1 Å². The van der Waals surface area contributed by atoms with E-state index in [9.17, 15) is 9.36 Å². The molecule has 4 rings (SSSR count). The zero-order valence-corrected chi connectivity index (χ0v) is 20.1. The highest BCUT2D eigenvalue weighted by Gasteiger charge is 2.20. The van der Waals surface area contributed by atoms with E-state index in [1.54, 1.807) is 26.0 Å². The molecule has 3 aromatic carbocycles. The largest absolute Gasteiger partial charge is 0.441 e. The van der Waals surface area contributed by atoms with Gasteiger partial charge in [0.25, 0.3) is 0 Å². The normalized spacial score (nSPS) is 12.2. The number of hydrogen-bond donors (Lipinski definition) is 3. The van der Waals surface area contributed by atoms with Crippen LogP contribution in [0, 0.1) is 6.92 Å². The van der Waals surface area contributed by atoms with Crippen LogP contribution in [0.1, 0.15) is 29.9 Å². The van der Waals surface area contributed by atoms with E-state index in [1.807, 2.05) is 66.7 Å². The molecule has 1 atom stereocenters. The molecule has 0 fully saturated rings. The van der Waals surface area contributed by atoms with E-state index in [2.05, 4.69) is 10.5 Å². The highest BCUT2D eigenvalue weighted by atomic mass is 31.2. The summed E-state index contributed by atoms with van der Waals surface area (Å²) in [6, 6.07) is 24.0. The molecule has 0 unspecified atom stereocenters. The van der Waals surface area contributed by atoms with Crippen molar-refractivity contribution >= 4 is 19.4 Å². The van der Waals surface area contributed by atoms with Crippen LogP contribution in [0.15, 0.2) is 83.4 Å². The maximum Gasteiger partial charge on any atom is 0.412 e. The summed E-state index contributed by atoms with van der Waals surface area (Å²) in [6.45, 7) is 3.51. The standard InChI is InChI=1S/C26H25N2O6P/c1-17(20-6-4-3-5-7-20)33-26(29)27-24-18(2)34-28-25(24)23-14-12-22(13-15-23)21-10-8-19(9-11-21)16-35(30,31)32/h3-15,17H,16H2,1-2H3,(H,27,29)(H2,30,31,32)/t17-/m1/s1. The van der Waals surface area contributed by atoms with E-state index in [0.717, 1.165) is 22.3 Å². The highest BCUT2D eigenvalue weighted by molar-refractivity contribution is 7.50. The van der Waals surface area contributed by atoms with Crippen molar-refractivity contribution in [2.45, 2.75) is 26.1 Å². The molecule has 0 bridgehead atoms. The number of carbonyl (C=O) groups is 1. The third-order valence-corrected chi connectivity index (χ3v) is 6.25. The topological polar surface area (TPSA) is 122 Å². The lowest BCUT2D eigenvalue weighted by Gasteiger charge is -2.14. The minimum atomic E-state index is -4.11. The lowest BCUT2D eigenvalue weighted by Crippen LogP contribution is -2.16. The molecule has 8 nitrogen and oxygen atoms in total. The number of nitrogens with zero attached hydrogens (tertiary/aromatic N) is 1. The molecule has 3 N–H and O–H groups in total. The Morgan fingerprint density at radius 1 is 0.971 bits per heavy atom. The van der Waals surface area contributed by atoms with Gasteiger partial charge in [0.1, 0.15) is 17.5 Å². The molecule has 0 saturated carbocycles. The number of ether oxygens (including phenoxy) is 1. The van der Waals surface area contributed by atoms with Gasteiger partial charge in [0, 0.05) is 5.56 Å². The Labute approximate surface area is 202 Å². The molecule has 35 heavy (non-hydrogen) atoms. The zero-order valence-electron chi connectivity index (χ0n) is 19.2. The molecule has 0 aliphatic rings. The lowest BCUT2D eigenvalue weighted by atomic mass is 10.0. The van der Waals surface area contributed by atoms with Crippen LogP contribution >= 0.6 is 7.60 Å². The average Bonchev–Trinajstić information content (AvgIpc) is 3.19. The van der Waals surface area contributed by atoms with Crippen LogP contribution in [0.25, 0.3) is 22.4 Å². The average molecular weight is 492 g/mol. The molecule has 0 radical (unpaired) electrons. The summed E-state index contributed by atoms with van der Waals surface area (Å²) in [4.78, 5) is 30.8. The van der Waals surface area contributed by atoms with Crippen molar-refractivity contribution < 1.29 is 28.4 Å². The van der Waals surface area contributed by atoms with E-state index in [1.165, 1.54) is 0 Å². The van der Waals surface area contributed by atoms with Gasteiger partial charge in [0.05, 0.1) is 6.16 Å². The summed E-state index contributed by atoms with van der Waals surface area (Å²) in [6.07, 6.45) is -1.33. The van der Waals surface area contributed by atoms with Gasteiger partial charge < -0.3 is 19.0 Å². The number of nitrogens with one attached hydrogen (secondary N) is 1. The van der Waals surface area contributed by atoms with Crippen LogP contribution in [0.4, 0.5) is 10.5 Å². The van der Waals surface area contributed by atoms with Crippen molar-refractivity contribution in [3.63, 3.8) is 0 Å². The summed E-state index contributed by atoms with van der Waals surface area (Å²) in [5.74, 6) is 0.453. The van der Waals surface area contributed by atoms with E-state index in [0.29, 0.717) is 22.7 Å². The molecule has 0 saturated heterocycles. The van der Waals surface area contributed by atoms with Crippen molar-refractivity contribution in [1.29, 1.82) is 0 Å². The summed E-state index contributed by atoms with van der Waals surface area (Å²) < 4.78 is 22.0. The second-order valence-corrected chi connectivity index (χ2v) is 9.79. The highest BCUT2D eigenvalue weighted by Crippen LogP contribution is 2.39. The van der Waals surface area contributed by atoms with Crippen LogP contribution < -0.4 is 5.32 Å². The molecule has 1 amide bonds. The van der Waals surface area contributed by atoms with Gasteiger partial charge in [-0.1, -0.05) is 84.0 Å². The van der Waals surface area contributed by atoms with Gasteiger partial charge in [0.15, 0.2) is 5.76 Å². The quantitative estimate of drug-likeness (QED) is 0.259. The van der Waals surface area contributed by atoms with E-state index in [4.69, 9.17) is 19.0 Å². The molecule has 0 aliphatic heterocycles. The first-order valence-electron chi connectivity index (χ1n) is 10.9. The molecule has 0 aliphatic carbocycles. The Kier molecular flexibility index (Phi) is 7.17. The number of anilines is 1. The fraction of sp³-hybridized carbons (Fsp3) is 0.154. The first-order chi connectivity index (χ1) is 16.7.